The van der Waals surface area contributed by atoms with Gasteiger partial charge in [-0.25, -0.2) is 4.98 Å². The summed E-state index contributed by atoms with van der Waals surface area (Å²) in [4.78, 5) is 8.67. The molecule has 6 nitrogen and oxygen atoms in total. The van der Waals surface area contributed by atoms with Crippen molar-refractivity contribution in [1.82, 2.24) is 9.97 Å². The second-order valence-electron chi connectivity index (χ2n) is 6.93. The molecule has 2 aromatic rings. The zero-order chi connectivity index (χ0) is 19.4. The number of hydrogen-bond donors (Lipinski definition) is 2. The highest BCUT2D eigenvalue weighted by Gasteiger charge is 2.48. The third-order valence-electron chi connectivity index (χ3n) is 4.92. The van der Waals surface area contributed by atoms with Crippen molar-refractivity contribution in [3.8, 4) is 17.0 Å². The number of hydrogen-bond acceptors (Lipinski definition) is 5. The van der Waals surface area contributed by atoms with E-state index in [4.69, 9.17) is 20.6 Å². The van der Waals surface area contributed by atoms with E-state index in [0.717, 1.165) is 41.7 Å². The van der Waals surface area contributed by atoms with Crippen molar-refractivity contribution in [3.63, 3.8) is 0 Å². The topological polar surface area (TPSA) is 94.1 Å². The summed E-state index contributed by atoms with van der Waals surface area (Å²) in [6.45, 7) is 4.71. The van der Waals surface area contributed by atoms with E-state index >= 15 is 0 Å². The maximum Gasteiger partial charge on any atom is 0.213 e. The number of allylic oxidation sites excluding steroid dienone is 1. The summed E-state index contributed by atoms with van der Waals surface area (Å²) < 4.78 is 11.6. The van der Waals surface area contributed by atoms with E-state index in [1.165, 1.54) is 0 Å². The summed E-state index contributed by atoms with van der Waals surface area (Å²) in [5.74, 6) is 1.60. The van der Waals surface area contributed by atoms with E-state index in [0.29, 0.717) is 18.2 Å². The van der Waals surface area contributed by atoms with Crippen molar-refractivity contribution >= 4 is 5.84 Å². The first-order chi connectivity index (χ1) is 13.0. The summed E-state index contributed by atoms with van der Waals surface area (Å²) in [6.07, 6.45) is 8.76. The summed E-state index contributed by atoms with van der Waals surface area (Å²) in [5, 5.41) is 7.43. The minimum absolute atomic E-state index is 0.00541. The number of methoxy groups -OCH3 is 1. The van der Waals surface area contributed by atoms with Gasteiger partial charge in [-0.1, -0.05) is 13.0 Å². The Morgan fingerprint density at radius 1 is 1.30 bits per heavy atom. The van der Waals surface area contributed by atoms with Gasteiger partial charge in [0.15, 0.2) is 0 Å². The first kappa shape index (κ1) is 18.9. The van der Waals surface area contributed by atoms with E-state index in [1.54, 1.807) is 25.6 Å². The fourth-order valence-corrected chi connectivity index (χ4v) is 3.15. The van der Waals surface area contributed by atoms with Crippen LogP contribution in [-0.4, -0.2) is 29.5 Å². The van der Waals surface area contributed by atoms with Crippen molar-refractivity contribution in [1.29, 1.82) is 5.41 Å². The van der Waals surface area contributed by atoms with Gasteiger partial charge in [-0.3, -0.25) is 10.4 Å². The molecular formula is C21H26N4O2. The number of rotatable bonds is 8. The van der Waals surface area contributed by atoms with Crippen LogP contribution in [0.1, 0.15) is 37.4 Å². The van der Waals surface area contributed by atoms with Crippen LogP contribution in [0.4, 0.5) is 0 Å². The van der Waals surface area contributed by atoms with Gasteiger partial charge in [-0.2, -0.15) is 0 Å². The van der Waals surface area contributed by atoms with Crippen LogP contribution in [0.3, 0.4) is 0 Å². The van der Waals surface area contributed by atoms with Gasteiger partial charge in [0.2, 0.25) is 5.88 Å². The smallest absolute Gasteiger partial charge is 0.213 e. The Labute approximate surface area is 159 Å². The van der Waals surface area contributed by atoms with Crippen LogP contribution < -0.4 is 10.5 Å². The van der Waals surface area contributed by atoms with Gasteiger partial charge in [0.1, 0.15) is 23.9 Å². The third kappa shape index (κ3) is 4.10. The average molecular weight is 366 g/mol. The van der Waals surface area contributed by atoms with Crippen molar-refractivity contribution in [3.05, 3.63) is 53.7 Å². The standard InChI is InChI=1S/C21H26N4O2/c1-4-5-18(26-3)21(8-9-21)13-27-19-10-14(2)16(12-25-19)15-6-7-17(20(22)23)24-11-15/h5-7,10-12H,4,8-9,13H2,1-3H3,(H3,22,23)/b18-5-. The Balaban J connectivity index is 1.72. The zero-order valence-electron chi connectivity index (χ0n) is 16.1. The molecule has 1 aliphatic rings. The quantitative estimate of drug-likeness (QED) is 0.420. The number of aryl methyl sites for hydroxylation is 1. The molecule has 0 radical (unpaired) electrons. The molecular weight excluding hydrogens is 340 g/mol. The normalized spacial score (nSPS) is 15.3. The summed E-state index contributed by atoms with van der Waals surface area (Å²) in [6, 6.07) is 5.58. The van der Waals surface area contributed by atoms with Gasteiger partial charge in [-0.15, -0.1) is 0 Å². The fourth-order valence-electron chi connectivity index (χ4n) is 3.15. The molecule has 1 aliphatic carbocycles. The average Bonchev–Trinajstić information content (AvgIpc) is 3.45. The van der Waals surface area contributed by atoms with E-state index in [2.05, 4.69) is 23.0 Å². The van der Waals surface area contributed by atoms with Crippen LogP contribution in [0.5, 0.6) is 5.88 Å². The molecule has 3 rings (SSSR count). The molecule has 0 aromatic carbocycles. The van der Waals surface area contributed by atoms with Crippen LogP contribution in [0.2, 0.25) is 0 Å². The molecule has 3 N–H and O–H groups in total. The van der Waals surface area contributed by atoms with Crippen LogP contribution in [0.25, 0.3) is 11.1 Å². The Morgan fingerprint density at radius 2 is 2.07 bits per heavy atom. The summed E-state index contributed by atoms with van der Waals surface area (Å²) in [7, 11) is 1.73. The highest BCUT2D eigenvalue weighted by Crippen LogP contribution is 2.52. The molecule has 2 aromatic heterocycles. The molecule has 0 amide bonds. The van der Waals surface area contributed by atoms with Crippen LogP contribution in [-0.2, 0) is 4.74 Å². The van der Waals surface area contributed by atoms with E-state index in [-0.39, 0.29) is 11.3 Å². The number of pyridine rings is 2. The van der Waals surface area contributed by atoms with Gasteiger partial charge in [0.05, 0.1) is 12.5 Å². The van der Waals surface area contributed by atoms with Gasteiger partial charge in [0, 0.05) is 29.6 Å². The lowest BCUT2D eigenvalue weighted by atomic mass is 10.0. The summed E-state index contributed by atoms with van der Waals surface area (Å²) in [5.41, 5.74) is 8.89. The largest absolute Gasteiger partial charge is 0.501 e. The molecule has 0 aliphatic heterocycles. The number of nitrogens with one attached hydrogen (secondary N) is 1. The van der Waals surface area contributed by atoms with Gasteiger partial charge in [-0.05, 0) is 43.9 Å². The molecule has 0 bridgehead atoms. The van der Waals surface area contributed by atoms with E-state index in [9.17, 15) is 0 Å². The van der Waals surface area contributed by atoms with Gasteiger partial charge >= 0.3 is 0 Å². The van der Waals surface area contributed by atoms with Crippen molar-refractivity contribution in [2.24, 2.45) is 11.1 Å². The molecule has 0 saturated heterocycles. The Bertz CT molecular complexity index is 855. The number of ether oxygens (including phenoxy) is 2. The third-order valence-corrected chi connectivity index (χ3v) is 4.92. The van der Waals surface area contributed by atoms with Gasteiger partial charge in [0.25, 0.3) is 0 Å². The van der Waals surface area contributed by atoms with E-state index < -0.39 is 0 Å². The molecule has 27 heavy (non-hydrogen) atoms. The second-order valence-corrected chi connectivity index (χ2v) is 6.93. The van der Waals surface area contributed by atoms with Crippen LogP contribution >= 0.6 is 0 Å². The highest BCUT2D eigenvalue weighted by molar-refractivity contribution is 5.93. The second kappa shape index (κ2) is 7.78. The number of amidine groups is 1. The number of aromatic nitrogens is 2. The molecule has 1 saturated carbocycles. The minimum atomic E-state index is -0.0401. The first-order valence-electron chi connectivity index (χ1n) is 9.14. The molecule has 6 heteroatoms. The van der Waals surface area contributed by atoms with Crippen LogP contribution in [0, 0.1) is 17.7 Å². The molecule has 2 heterocycles. The maximum absolute atomic E-state index is 7.43. The number of nitrogens with two attached hydrogens (primary N) is 1. The molecule has 0 atom stereocenters. The lowest BCUT2D eigenvalue weighted by Crippen LogP contribution is -2.17. The minimum Gasteiger partial charge on any atom is -0.501 e. The molecule has 0 unspecified atom stereocenters. The van der Waals surface area contributed by atoms with Crippen molar-refractivity contribution in [2.75, 3.05) is 13.7 Å². The highest BCUT2D eigenvalue weighted by atomic mass is 16.5. The number of nitrogens with zero attached hydrogens (tertiary/aromatic N) is 2. The Morgan fingerprint density at radius 3 is 2.59 bits per heavy atom. The zero-order valence-corrected chi connectivity index (χ0v) is 16.1. The van der Waals surface area contributed by atoms with Crippen LogP contribution in [0.15, 0.2) is 42.4 Å². The first-order valence-corrected chi connectivity index (χ1v) is 9.14. The Kier molecular flexibility index (Phi) is 5.44. The molecule has 142 valence electrons. The predicted octanol–water partition coefficient (Wildman–Crippen LogP) is 3.84. The predicted molar refractivity (Wildman–Crippen MR) is 106 cm³/mol. The van der Waals surface area contributed by atoms with Crippen molar-refractivity contribution in [2.45, 2.75) is 33.1 Å². The molecule has 1 fully saturated rings. The summed E-state index contributed by atoms with van der Waals surface area (Å²) >= 11 is 0. The SMILES string of the molecule is CC/C=C(\OC)C1(COc2cc(C)c(-c3ccc(C(=N)N)nc3)cn2)CC1. The Hall–Kier alpha value is -2.89. The number of nitrogen functional groups attached to an aromatic ring is 1. The maximum atomic E-state index is 7.43. The molecule has 0 spiro atoms. The lowest BCUT2D eigenvalue weighted by Gasteiger charge is -2.19. The lowest BCUT2D eigenvalue weighted by molar-refractivity contribution is 0.169. The van der Waals surface area contributed by atoms with E-state index in [1.807, 2.05) is 19.1 Å². The van der Waals surface area contributed by atoms with Crippen molar-refractivity contribution < 1.29 is 9.47 Å². The fraction of sp³-hybridized carbons (Fsp3) is 0.381. The monoisotopic (exact) mass is 366 g/mol. The van der Waals surface area contributed by atoms with Gasteiger partial charge < -0.3 is 15.2 Å².